The lowest BCUT2D eigenvalue weighted by molar-refractivity contribution is -0.228. The molecule has 0 radical (unpaired) electrons. The highest BCUT2D eigenvalue weighted by molar-refractivity contribution is 6.04. The molecule has 5 aliphatic carbocycles. The number of ether oxygens (including phenoxy) is 4. The SMILES string of the molecule is COc1cc(CC(=O)OCC2=C[C@H]3[C@@H]4C(C)(C)[C@]4(OC(C)=O)[C@H](OC(=O)CC4CCCCC4)[C@@H](C)[C@]3(O)[C@@H]3C=C(C)C(=O)[C@@]3(O)C2)ccc1O. The summed E-state index contributed by atoms with van der Waals surface area (Å²) in [5.74, 6) is -5.04. The van der Waals surface area contributed by atoms with Crippen LogP contribution in [0, 0.1) is 35.0 Å². The molecule has 0 spiro atoms. The molecule has 0 aliphatic heterocycles. The van der Waals surface area contributed by atoms with E-state index in [1.54, 1.807) is 32.1 Å². The van der Waals surface area contributed by atoms with E-state index in [0.29, 0.717) is 16.7 Å². The highest BCUT2D eigenvalue weighted by atomic mass is 16.6. The van der Waals surface area contributed by atoms with Gasteiger partial charge in [0.1, 0.15) is 18.3 Å². The maximum Gasteiger partial charge on any atom is 0.310 e. The van der Waals surface area contributed by atoms with Crippen LogP contribution in [-0.4, -0.2) is 75.6 Å². The molecule has 0 heterocycles. The first-order valence-electron chi connectivity index (χ1n) is 17.8. The van der Waals surface area contributed by atoms with Crippen molar-refractivity contribution in [2.24, 2.45) is 35.0 Å². The van der Waals surface area contributed by atoms with Gasteiger partial charge in [0, 0.05) is 48.9 Å². The fourth-order valence-electron chi connectivity index (χ4n) is 10.1. The molecular formula is C39H50O11. The Hall–Kier alpha value is -3.70. The Balaban J connectivity index is 1.35. The van der Waals surface area contributed by atoms with E-state index in [1.165, 1.54) is 26.2 Å². The summed E-state index contributed by atoms with van der Waals surface area (Å²) >= 11 is 0. The zero-order valence-corrected chi connectivity index (χ0v) is 29.8. The van der Waals surface area contributed by atoms with E-state index >= 15 is 0 Å². The molecule has 5 aliphatic rings. The Kier molecular flexibility index (Phi) is 9.25. The highest BCUT2D eigenvalue weighted by Crippen LogP contribution is 2.77. The molecule has 0 saturated heterocycles. The molecule has 0 bridgehead atoms. The lowest BCUT2D eigenvalue weighted by atomic mass is 9.59. The minimum Gasteiger partial charge on any atom is -0.504 e. The molecule has 3 N–H and O–H groups in total. The Morgan fingerprint density at radius 3 is 2.38 bits per heavy atom. The topological polar surface area (TPSA) is 166 Å². The number of aliphatic hydroxyl groups is 2. The predicted octanol–water partition coefficient (Wildman–Crippen LogP) is 4.53. The summed E-state index contributed by atoms with van der Waals surface area (Å²) in [5, 5.41) is 35.3. The van der Waals surface area contributed by atoms with Crippen molar-refractivity contribution in [3.63, 3.8) is 0 Å². The lowest BCUT2D eigenvalue weighted by Gasteiger charge is -2.53. The van der Waals surface area contributed by atoms with Crippen molar-refractivity contribution < 1.29 is 53.4 Å². The van der Waals surface area contributed by atoms with Gasteiger partial charge < -0.3 is 34.3 Å². The summed E-state index contributed by atoms with van der Waals surface area (Å²) < 4.78 is 23.3. The Bertz CT molecular complexity index is 1640. The quantitative estimate of drug-likeness (QED) is 0.189. The minimum absolute atomic E-state index is 0.0654. The van der Waals surface area contributed by atoms with Crippen LogP contribution in [0.3, 0.4) is 0 Å². The molecule has 6 rings (SSSR count). The number of ketones is 1. The monoisotopic (exact) mass is 694 g/mol. The minimum atomic E-state index is -2.05. The molecule has 0 amide bonds. The van der Waals surface area contributed by atoms with Gasteiger partial charge in [0.25, 0.3) is 0 Å². The van der Waals surface area contributed by atoms with Gasteiger partial charge in [-0.15, -0.1) is 0 Å². The lowest BCUT2D eigenvalue weighted by Crippen LogP contribution is -2.66. The number of fused-ring (bicyclic) bond motifs is 5. The third-order valence-electron chi connectivity index (χ3n) is 12.5. The number of esters is 3. The largest absolute Gasteiger partial charge is 0.504 e. The molecule has 3 fully saturated rings. The molecule has 8 atom stereocenters. The third kappa shape index (κ3) is 5.64. The number of hydrogen-bond acceptors (Lipinski definition) is 11. The summed E-state index contributed by atoms with van der Waals surface area (Å²) in [5.41, 5.74) is -4.64. The fraction of sp³-hybridized carbons (Fsp3) is 0.641. The molecule has 0 unspecified atom stereocenters. The molecule has 1 aromatic carbocycles. The van der Waals surface area contributed by atoms with Crippen LogP contribution in [0.25, 0.3) is 0 Å². The van der Waals surface area contributed by atoms with Gasteiger partial charge >= 0.3 is 17.9 Å². The zero-order valence-electron chi connectivity index (χ0n) is 29.8. The van der Waals surface area contributed by atoms with Crippen molar-refractivity contribution in [2.75, 3.05) is 13.7 Å². The van der Waals surface area contributed by atoms with Gasteiger partial charge in [0.15, 0.2) is 22.9 Å². The second-order valence-electron chi connectivity index (χ2n) is 15.8. The number of hydrogen-bond donors (Lipinski definition) is 3. The summed E-state index contributed by atoms with van der Waals surface area (Å²) in [6.45, 7) is 8.21. The van der Waals surface area contributed by atoms with Crippen LogP contribution >= 0.6 is 0 Å². The van der Waals surface area contributed by atoms with Crippen LogP contribution in [0.1, 0.15) is 85.1 Å². The number of carbonyl (C=O) groups is 4. The van der Waals surface area contributed by atoms with E-state index in [0.717, 1.165) is 32.1 Å². The first kappa shape index (κ1) is 36.1. The number of aromatic hydroxyl groups is 1. The van der Waals surface area contributed by atoms with Gasteiger partial charge in [-0.2, -0.15) is 0 Å². The van der Waals surface area contributed by atoms with Gasteiger partial charge in [0.2, 0.25) is 0 Å². The molecule has 272 valence electrons. The van der Waals surface area contributed by atoms with Crippen LogP contribution in [0.4, 0.5) is 0 Å². The zero-order chi connectivity index (χ0) is 36.4. The average molecular weight is 695 g/mol. The number of phenols is 1. The van der Waals surface area contributed by atoms with E-state index < -0.39 is 75.7 Å². The fourth-order valence-corrected chi connectivity index (χ4v) is 10.1. The van der Waals surface area contributed by atoms with Crippen molar-refractivity contribution >= 4 is 23.7 Å². The van der Waals surface area contributed by atoms with Gasteiger partial charge in [-0.05, 0) is 54.5 Å². The van der Waals surface area contributed by atoms with Crippen LogP contribution < -0.4 is 4.74 Å². The highest BCUT2D eigenvalue weighted by Gasteiger charge is 2.87. The molecular weight excluding hydrogens is 644 g/mol. The number of benzene rings is 1. The van der Waals surface area contributed by atoms with Crippen LogP contribution in [0.5, 0.6) is 11.5 Å². The number of carbonyl (C=O) groups excluding carboxylic acids is 4. The first-order chi connectivity index (χ1) is 23.5. The normalized spacial score (nSPS) is 35.7. The average Bonchev–Trinajstić information content (AvgIpc) is 3.48. The van der Waals surface area contributed by atoms with E-state index in [-0.39, 0.29) is 43.3 Å². The number of rotatable bonds is 9. The standard InChI is InChI=1S/C39H50O11/c1-21-14-30-37(45,34(21)44)19-26(20-48-31(42)18-25-12-13-28(41)29(16-25)47-6)15-27-33-36(4,5)39(33,50-23(3)40)35(22(2)38(27,30)46)49-32(43)17-24-10-8-7-9-11-24/h12-16,22,24,27,30,33,35,41,45-46H,7-11,17-20H2,1-6H3/t22-,27+,30-,33-,35-,37-,38-,39-/m1/s1. The second kappa shape index (κ2) is 12.8. The van der Waals surface area contributed by atoms with Crippen LogP contribution in [0.15, 0.2) is 41.5 Å². The van der Waals surface area contributed by atoms with E-state index in [1.807, 2.05) is 13.8 Å². The van der Waals surface area contributed by atoms with Crippen molar-refractivity contribution in [1.29, 1.82) is 0 Å². The Morgan fingerprint density at radius 2 is 1.72 bits per heavy atom. The van der Waals surface area contributed by atoms with Gasteiger partial charge in [-0.1, -0.05) is 58.3 Å². The smallest absolute Gasteiger partial charge is 0.310 e. The molecule has 11 nitrogen and oxygen atoms in total. The van der Waals surface area contributed by atoms with Gasteiger partial charge in [-0.25, -0.2) is 0 Å². The maximum atomic E-state index is 13.7. The van der Waals surface area contributed by atoms with Crippen LogP contribution in [0.2, 0.25) is 0 Å². The van der Waals surface area contributed by atoms with Crippen molar-refractivity contribution in [3.05, 3.63) is 47.1 Å². The summed E-state index contributed by atoms with van der Waals surface area (Å²) in [7, 11) is 1.41. The molecule has 3 saturated carbocycles. The van der Waals surface area contributed by atoms with Crippen molar-refractivity contribution in [2.45, 2.75) is 109 Å². The van der Waals surface area contributed by atoms with Crippen molar-refractivity contribution in [3.8, 4) is 11.5 Å². The van der Waals surface area contributed by atoms with E-state index in [9.17, 15) is 34.5 Å². The summed E-state index contributed by atoms with van der Waals surface area (Å²) in [6.07, 6.45) is 7.37. The third-order valence-corrected chi connectivity index (χ3v) is 12.5. The van der Waals surface area contributed by atoms with Crippen LogP contribution in [-0.2, 0) is 39.8 Å². The summed E-state index contributed by atoms with van der Waals surface area (Å²) in [4.78, 5) is 53.1. The van der Waals surface area contributed by atoms with Gasteiger partial charge in [0.05, 0.1) is 19.1 Å². The number of methoxy groups -OCH3 is 1. The molecule has 1 aromatic rings. The molecule has 0 aromatic heterocycles. The molecule has 50 heavy (non-hydrogen) atoms. The molecule has 11 heteroatoms. The van der Waals surface area contributed by atoms with E-state index in [2.05, 4.69) is 0 Å². The Labute approximate surface area is 293 Å². The predicted molar refractivity (Wildman–Crippen MR) is 180 cm³/mol. The second-order valence-corrected chi connectivity index (χ2v) is 15.8. The first-order valence-corrected chi connectivity index (χ1v) is 17.8. The summed E-state index contributed by atoms with van der Waals surface area (Å²) in [6, 6.07) is 4.53. The number of phenolic OH excluding ortho intramolecular Hbond substituents is 1. The maximum absolute atomic E-state index is 13.7. The number of Topliss-reactive ketones (excluding diaryl/α,β-unsaturated/α-hetero) is 1. The van der Waals surface area contributed by atoms with E-state index in [4.69, 9.17) is 18.9 Å². The van der Waals surface area contributed by atoms with Gasteiger partial charge in [-0.3, -0.25) is 19.2 Å². The Morgan fingerprint density at radius 1 is 1.02 bits per heavy atom. The van der Waals surface area contributed by atoms with Crippen molar-refractivity contribution in [1.82, 2.24) is 0 Å².